The molecule has 8 nitrogen and oxygen atoms in total. The van der Waals surface area contributed by atoms with Gasteiger partial charge in [0.05, 0.1) is 31.7 Å². The summed E-state index contributed by atoms with van der Waals surface area (Å²) in [7, 11) is 3.16. The Balaban J connectivity index is 1.69. The third-order valence-corrected chi connectivity index (χ3v) is 4.80. The Hall–Kier alpha value is -4.07. The Labute approximate surface area is 178 Å². The Morgan fingerprint density at radius 1 is 1.10 bits per heavy atom. The molecule has 0 aliphatic carbocycles. The highest BCUT2D eigenvalue weighted by Crippen LogP contribution is 2.29. The lowest BCUT2D eigenvalue weighted by Crippen LogP contribution is -2.10. The van der Waals surface area contributed by atoms with Crippen molar-refractivity contribution >= 4 is 39.7 Å². The molecule has 0 aliphatic rings. The van der Waals surface area contributed by atoms with E-state index < -0.39 is 0 Å². The van der Waals surface area contributed by atoms with Gasteiger partial charge in [0.25, 0.3) is 5.91 Å². The third-order valence-electron chi connectivity index (χ3n) is 4.80. The Bertz CT molecular complexity index is 1310. The predicted octanol–water partition coefficient (Wildman–Crippen LogP) is 3.94. The van der Waals surface area contributed by atoms with Crippen molar-refractivity contribution in [2.75, 3.05) is 26.6 Å². The summed E-state index contributed by atoms with van der Waals surface area (Å²) in [5.74, 6) is 1.78. The van der Waals surface area contributed by atoms with Crippen molar-refractivity contribution in [2.24, 2.45) is 0 Å². The van der Waals surface area contributed by atoms with Crippen molar-refractivity contribution in [2.45, 2.75) is 6.92 Å². The highest BCUT2D eigenvalue weighted by molar-refractivity contribution is 6.04. The zero-order chi connectivity index (χ0) is 22.0. The number of benzene rings is 2. The van der Waals surface area contributed by atoms with Crippen molar-refractivity contribution in [1.29, 1.82) is 0 Å². The lowest BCUT2D eigenvalue weighted by Gasteiger charge is -2.09. The van der Waals surface area contributed by atoms with E-state index in [0.717, 1.165) is 10.9 Å². The van der Waals surface area contributed by atoms with E-state index in [-0.39, 0.29) is 11.7 Å². The monoisotopic (exact) mass is 418 g/mol. The van der Waals surface area contributed by atoms with Crippen LogP contribution in [-0.4, -0.2) is 41.5 Å². The van der Waals surface area contributed by atoms with Gasteiger partial charge in [0.15, 0.2) is 23.0 Å². The summed E-state index contributed by atoms with van der Waals surface area (Å²) >= 11 is 0. The zero-order valence-electron chi connectivity index (χ0n) is 17.5. The number of carbonyl (C=O) groups is 1. The molecule has 8 heteroatoms. The number of nitrogens with two attached hydrogens (primary N) is 1. The summed E-state index contributed by atoms with van der Waals surface area (Å²) in [6, 6.07) is 12.8. The second-order valence-electron chi connectivity index (χ2n) is 6.73. The number of nitrogens with zero attached hydrogens (tertiary/aromatic N) is 3. The second kappa shape index (κ2) is 8.35. The van der Waals surface area contributed by atoms with Crippen LogP contribution in [0.15, 0.2) is 48.5 Å². The number of hydrogen-bond donors (Lipinski definition) is 1. The molecule has 0 amide bonds. The van der Waals surface area contributed by atoms with Gasteiger partial charge < -0.3 is 19.9 Å². The quantitative estimate of drug-likeness (QED) is 0.473. The van der Waals surface area contributed by atoms with Crippen LogP contribution in [0.25, 0.3) is 28.0 Å². The first-order valence-electron chi connectivity index (χ1n) is 9.70. The number of anilines is 1. The molecular weight excluding hydrogens is 396 g/mol. The maximum atomic E-state index is 12.9. The van der Waals surface area contributed by atoms with Crippen LogP contribution >= 0.6 is 0 Å². The van der Waals surface area contributed by atoms with Crippen LogP contribution in [-0.2, 0) is 0 Å². The molecule has 0 spiro atoms. The summed E-state index contributed by atoms with van der Waals surface area (Å²) in [6.45, 7) is 2.44. The predicted molar refractivity (Wildman–Crippen MR) is 120 cm³/mol. The van der Waals surface area contributed by atoms with Crippen LogP contribution in [0.1, 0.15) is 17.3 Å². The van der Waals surface area contributed by atoms with Gasteiger partial charge in [-0.3, -0.25) is 4.79 Å². The van der Waals surface area contributed by atoms with Crippen molar-refractivity contribution in [3.63, 3.8) is 0 Å². The molecule has 0 saturated carbocycles. The summed E-state index contributed by atoms with van der Waals surface area (Å²) in [5.41, 5.74) is 7.90. The van der Waals surface area contributed by atoms with Crippen LogP contribution in [0.4, 0.5) is 5.82 Å². The van der Waals surface area contributed by atoms with E-state index in [1.54, 1.807) is 38.5 Å². The topological polar surface area (TPSA) is 101 Å². The molecule has 0 saturated heterocycles. The summed E-state index contributed by atoms with van der Waals surface area (Å²) < 4.78 is 17.3. The minimum Gasteiger partial charge on any atom is -0.497 e. The number of aromatic nitrogens is 3. The number of methoxy groups -OCH3 is 2. The number of pyridine rings is 1. The second-order valence-corrected chi connectivity index (χ2v) is 6.73. The average molecular weight is 418 g/mol. The number of nitrogen functional groups attached to an aromatic ring is 1. The van der Waals surface area contributed by atoms with Crippen molar-refractivity contribution in [1.82, 2.24) is 14.8 Å². The molecule has 2 N–H and O–H groups in total. The lowest BCUT2D eigenvalue weighted by atomic mass is 10.1. The van der Waals surface area contributed by atoms with E-state index in [2.05, 4.69) is 10.1 Å². The van der Waals surface area contributed by atoms with Gasteiger partial charge in [0, 0.05) is 17.5 Å². The first kappa shape index (κ1) is 20.2. The van der Waals surface area contributed by atoms with E-state index in [1.165, 1.54) is 10.8 Å². The standard InChI is InChI=1S/C23H22N4O4/c1-4-31-19-9-5-14(11-20(19)30-3)6-10-21(28)27-23-17(22(24)26-27)12-15-7-8-16(29-2)13-18(15)25-23/h5-13H,4H2,1-3H3,(H2,24,26)/b10-6+. The highest BCUT2D eigenvalue weighted by atomic mass is 16.5. The van der Waals surface area contributed by atoms with E-state index in [1.807, 2.05) is 31.2 Å². The fourth-order valence-electron chi connectivity index (χ4n) is 3.28. The van der Waals surface area contributed by atoms with Gasteiger partial charge in [-0.1, -0.05) is 6.07 Å². The average Bonchev–Trinajstić information content (AvgIpc) is 3.11. The van der Waals surface area contributed by atoms with E-state index in [0.29, 0.717) is 40.4 Å². The molecule has 0 unspecified atom stereocenters. The van der Waals surface area contributed by atoms with Gasteiger partial charge in [0.2, 0.25) is 0 Å². The molecule has 0 bridgehead atoms. The van der Waals surface area contributed by atoms with Gasteiger partial charge in [-0.15, -0.1) is 5.10 Å². The normalized spacial score (nSPS) is 11.3. The number of carbonyl (C=O) groups excluding carboxylic acids is 1. The molecule has 4 rings (SSSR count). The molecule has 2 aromatic carbocycles. The molecule has 0 atom stereocenters. The highest BCUT2D eigenvalue weighted by Gasteiger charge is 2.15. The number of fused-ring (bicyclic) bond motifs is 2. The fourth-order valence-corrected chi connectivity index (χ4v) is 3.28. The first-order valence-corrected chi connectivity index (χ1v) is 9.70. The molecular formula is C23H22N4O4. The van der Waals surface area contributed by atoms with Crippen LogP contribution in [0, 0.1) is 0 Å². The lowest BCUT2D eigenvalue weighted by molar-refractivity contribution is 0.0960. The molecule has 158 valence electrons. The van der Waals surface area contributed by atoms with Gasteiger partial charge in [0.1, 0.15) is 5.75 Å². The van der Waals surface area contributed by atoms with Crippen LogP contribution < -0.4 is 19.9 Å². The van der Waals surface area contributed by atoms with Gasteiger partial charge in [-0.2, -0.15) is 4.68 Å². The Morgan fingerprint density at radius 2 is 1.94 bits per heavy atom. The minimum atomic E-state index is -0.371. The maximum Gasteiger partial charge on any atom is 0.272 e. The molecule has 31 heavy (non-hydrogen) atoms. The van der Waals surface area contributed by atoms with Crippen LogP contribution in [0.3, 0.4) is 0 Å². The van der Waals surface area contributed by atoms with Gasteiger partial charge >= 0.3 is 0 Å². The minimum absolute atomic E-state index is 0.240. The summed E-state index contributed by atoms with van der Waals surface area (Å²) in [4.78, 5) is 17.5. The van der Waals surface area contributed by atoms with Gasteiger partial charge in [-0.25, -0.2) is 4.98 Å². The molecule has 0 radical (unpaired) electrons. The molecule has 4 aromatic rings. The maximum absolute atomic E-state index is 12.9. The molecule has 2 heterocycles. The van der Waals surface area contributed by atoms with Crippen LogP contribution in [0.2, 0.25) is 0 Å². The number of hydrogen-bond acceptors (Lipinski definition) is 7. The first-order chi connectivity index (χ1) is 15.0. The molecule has 2 aromatic heterocycles. The van der Waals surface area contributed by atoms with E-state index in [4.69, 9.17) is 19.9 Å². The summed E-state index contributed by atoms with van der Waals surface area (Å²) in [6.07, 6.45) is 3.09. The number of rotatable bonds is 6. The molecule has 0 fully saturated rings. The van der Waals surface area contributed by atoms with Gasteiger partial charge in [-0.05, 0) is 48.9 Å². The number of allylic oxidation sites excluding steroid dienone is 1. The van der Waals surface area contributed by atoms with Crippen molar-refractivity contribution in [3.8, 4) is 17.2 Å². The fraction of sp³-hybridized carbons (Fsp3) is 0.174. The smallest absolute Gasteiger partial charge is 0.272 e. The largest absolute Gasteiger partial charge is 0.497 e. The third kappa shape index (κ3) is 3.87. The van der Waals surface area contributed by atoms with Crippen molar-refractivity contribution in [3.05, 3.63) is 54.1 Å². The Morgan fingerprint density at radius 3 is 2.68 bits per heavy atom. The molecule has 0 aliphatic heterocycles. The Kier molecular flexibility index (Phi) is 5.44. The SMILES string of the molecule is CCOc1ccc(/C=C/C(=O)n2nc(N)c3cc4ccc(OC)cc4nc32)cc1OC. The zero-order valence-corrected chi connectivity index (χ0v) is 17.5. The summed E-state index contributed by atoms with van der Waals surface area (Å²) in [5, 5.41) is 5.69. The van der Waals surface area contributed by atoms with Crippen LogP contribution in [0.5, 0.6) is 17.2 Å². The van der Waals surface area contributed by atoms with E-state index >= 15 is 0 Å². The number of ether oxygens (including phenoxy) is 3. The van der Waals surface area contributed by atoms with Crippen molar-refractivity contribution < 1.29 is 19.0 Å². The van der Waals surface area contributed by atoms with E-state index in [9.17, 15) is 4.79 Å².